The molecule has 6 N–H and O–H groups in total. The Kier molecular flexibility index (Phi) is 5.05. The molecule has 1 heterocycles. The van der Waals surface area contributed by atoms with E-state index in [1.54, 1.807) is 18.2 Å². The molecule has 8 heteroatoms. The minimum absolute atomic E-state index is 0.177. The van der Waals surface area contributed by atoms with Crippen molar-refractivity contribution in [2.75, 3.05) is 5.32 Å². The molecule has 0 saturated heterocycles. The van der Waals surface area contributed by atoms with Crippen LogP contribution in [0.2, 0.25) is 0 Å². The molecule has 1 aliphatic rings. The normalized spacial score (nSPS) is 17.6. The van der Waals surface area contributed by atoms with Crippen molar-refractivity contribution in [2.24, 2.45) is 11.7 Å². The molecule has 0 radical (unpaired) electrons. The number of fused-ring (bicyclic) bond motifs is 1. The van der Waals surface area contributed by atoms with Gasteiger partial charge in [0.05, 0.1) is 12.3 Å². The number of carbonyl (C=O) groups is 2. The fourth-order valence-electron chi connectivity index (χ4n) is 2.46. The number of carbonyl (C=O) groups excluding carboxylic acids is 1. The number of hydrogen-bond acceptors (Lipinski definition) is 4. The van der Waals surface area contributed by atoms with Crippen LogP contribution in [0.15, 0.2) is 18.2 Å². The lowest BCUT2D eigenvalue weighted by Gasteiger charge is -2.25. The fraction of sp³-hybridized carbons (Fsp3) is 0.400. The Morgan fingerprint density at radius 1 is 1.61 bits per heavy atom. The lowest BCUT2D eigenvalue weighted by Crippen LogP contribution is -2.42. The number of nitrogens with one attached hydrogen (secondary N) is 3. The van der Waals surface area contributed by atoms with Gasteiger partial charge in [0.2, 0.25) is 5.91 Å². The van der Waals surface area contributed by atoms with E-state index in [0.717, 1.165) is 5.56 Å². The van der Waals surface area contributed by atoms with Gasteiger partial charge < -0.3 is 26.2 Å². The van der Waals surface area contributed by atoms with Gasteiger partial charge in [-0.3, -0.25) is 15.0 Å². The van der Waals surface area contributed by atoms with Gasteiger partial charge >= 0.3 is 5.97 Å². The van der Waals surface area contributed by atoms with Gasteiger partial charge in [-0.1, -0.05) is 6.92 Å². The number of carboxylic acid groups (broad SMARTS) is 1. The molecule has 8 nitrogen and oxygen atoms in total. The van der Waals surface area contributed by atoms with Crippen LogP contribution in [-0.2, 0) is 16.0 Å². The molecule has 1 aromatic carbocycles. The van der Waals surface area contributed by atoms with Gasteiger partial charge in [0.25, 0.3) is 0 Å². The predicted molar refractivity (Wildman–Crippen MR) is 84.3 cm³/mol. The van der Waals surface area contributed by atoms with Crippen molar-refractivity contribution < 1.29 is 19.4 Å². The first-order chi connectivity index (χ1) is 10.9. The molecule has 0 spiro atoms. The Balaban J connectivity index is 2.14. The van der Waals surface area contributed by atoms with Gasteiger partial charge in [0, 0.05) is 12.1 Å². The average molecular weight is 320 g/mol. The van der Waals surface area contributed by atoms with E-state index in [2.05, 4.69) is 10.6 Å². The standard InChI is InChI=1S/C15H20N4O4/c1-2-12(19-15(16)17)23-10-3-4-11-8(6-10)5-9(7-13(20)21)14(22)18-11/h3-4,6,9,12H,2,5,7H2,1H3,(H,18,22)(H,20,21)(H4,16,17,19). The summed E-state index contributed by atoms with van der Waals surface area (Å²) in [7, 11) is 0. The van der Waals surface area contributed by atoms with E-state index in [1.165, 1.54) is 0 Å². The SMILES string of the molecule is CCC(NC(=N)N)Oc1ccc2c(c1)CC(CC(=O)O)C(=O)N2. The minimum Gasteiger partial charge on any atom is -0.481 e. The first kappa shape index (κ1) is 16.6. The average Bonchev–Trinajstić information content (AvgIpc) is 2.46. The number of nitrogens with two attached hydrogens (primary N) is 1. The van der Waals surface area contributed by atoms with Crippen LogP contribution in [0, 0.1) is 11.3 Å². The smallest absolute Gasteiger partial charge is 0.304 e. The van der Waals surface area contributed by atoms with Crippen LogP contribution < -0.4 is 21.1 Å². The minimum atomic E-state index is -1.00. The first-order valence-electron chi connectivity index (χ1n) is 7.31. The van der Waals surface area contributed by atoms with Gasteiger partial charge in [0.1, 0.15) is 5.75 Å². The maximum Gasteiger partial charge on any atom is 0.304 e. The topological polar surface area (TPSA) is 138 Å². The second kappa shape index (κ2) is 6.99. The monoisotopic (exact) mass is 320 g/mol. The zero-order valence-electron chi connectivity index (χ0n) is 12.8. The van der Waals surface area contributed by atoms with Crippen LogP contribution in [0.4, 0.5) is 5.69 Å². The summed E-state index contributed by atoms with van der Waals surface area (Å²) < 4.78 is 5.72. The molecule has 1 aromatic rings. The van der Waals surface area contributed by atoms with Gasteiger partial charge in [-0.25, -0.2) is 0 Å². The maximum absolute atomic E-state index is 11.9. The van der Waals surface area contributed by atoms with E-state index in [-0.39, 0.29) is 18.3 Å². The van der Waals surface area contributed by atoms with E-state index in [0.29, 0.717) is 24.3 Å². The Morgan fingerprint density at radius 3 is 2.96 bits per heavy atom. The molecular formula is C15H20N4O4. The molecule has 1 amide bonds. The number of hydrogen-bond donors (Lipinski definition) is 5. The van der Waals surface area contributed by atoms with Gasteiger partial charge in [-0.2, -0.15) is 0 Å². The van der Waals surface area contributed by atoms with Crippen LogP contribution in [0.25, 0.3) is 0 Å². The summed E-state index contributed by atoms with van der Waals surface area (Å²) in [6, 6.07) is 5.20. The highest BCUT2D eigenvalue weighted by Crippen LogP contribution is 2.30. The number of anilines is 1. The molecular weight excluding hydrogens is 300 g/mol. The van der Waals surface area contributed by atoms with Crippen LogP contribution >= 0.6 is 0 Å². The van der Waals surface area contributed by atoms with Gasteiger partial charge in [-0.05, 0) is 30.2 Å². The molecule has 124 valence electrons. The summed E-state index contributed by atoms with van der Waals surface area (Å²) in [6.07, 6.45) is 0.315. The Morgan fingerprint density at radius 2 is 2.35 bits per heavy atom. The number of ether oxygens (including phenoxy) is 1. The summed E-state index contributed by atoms with van der Waals surface area (Å²) in [4.78, 5) is 22.7. The van der Waals surface area contributed by atoms with E-state index >= 15 is 0 Å². The first-order valence-corrected chi connectivity index (χ1v) is 7.31. The number of aliphatic carboxylic acids is 1. The second-order valence-corrected chi connectivity index (χ2v) is 5.38. The number of rotatable bonds is 6. The number of benzene rings is 1. The molecule has 0 aliphatic carbocycles. The fourth-order valence-corrected chi connectivity index (χ4v) is 2.46. The van der Waals surface area contributed by atoms with Crippen LogP contribution in [-0.4, -0.2) is 29.2 Å². The van der Waals surface area contributed by atoms with Crippen molar-refractivity contribution in [3.8, 4) is 5.75 Å². The second-order valence-electron chi connectivity index (χ2n) is 5.38. The molecule has 0 bridgehead atoms. The number of amides is 1. The number of carboxylic acids is 1. The van der Waals surface area contributed by atoms with Crippen molar-refractivity contribution in [2.45, 2.75) is 32.4 Å². The quantitative estimate of drug-likeness (QED) is 0.299. The molecule has 2 unspecified atom stereocenters. The highest BCUT2D eigenvalue weighted by molar-refractivity contribution is 5.97. The number of guanidine groups is 1. The Labute approximate surface area is 133 Å². The van der Waals surface area contributed by atoms with E-state index < -0.39 is 18.1 Å². The van der Waals surface area contributed by atoms with Crippen molar-refractivity contribution in [3.05, 3.63) is 23.8 Å². The Bertz CT molecular complexity index is 632. The summed E-state index contributed by atoms with van der Waals surface area (Å²) in [5.74, 6) is -1.48. The third kappa shape index (κ3) is 4.35. The molecule has 0 fully saturated rings. The highest BCUT2D eigenvalue weighted by Gasteiger charge is 2.28. The van der Waals surface area contributed by atoms with Crippen molar-refractivity contribution in [1.82, 2.24) is 5.32 Å². The van der Waals surface area contributed by atoms with Crippen LogP contribution in [0.1, 0.15) is 25.3 Å². The van der Waals surface area contributed by atoms with E-state index in [4.69, 9.17) is 21.0 Å². The summed E-state index contributed by atoms with van der Waals surface area (Å²) in [5.41, 5.74) is 6.79. The summed E-state index contributed by atoms with van der Waals surface area (Å²) in [5, 5.41) is 21.5. The molecule has 0 aromatic heterocycles. The summed E-state index contributed by atoms with van der Waals surface area (Å²) in [6.45, 7) is 1.89. The highest BCUT2D eigenvalue weighted by atomic mass is 16.5. The van der Waals surface area contributed by atoms with E-state index in [1.807, 2.05) is 6.92 Å². The van der Waals surface area contributed by atoms with Gasteiger partial charge in [-0.15, -0.1) is 0 Å². The van der Waals surface area contributed by atoms with Crippen molar-refractivity contribution in [1.29, 1.82) is 5.41 Å². The van der Waals surface area contributed by atoms with Crippen molar-refractivity contribution >= 4 is 23.5 Å². The van der Waals surface area contributed by atoms with Crippen LogP contribution in [0.5, 0.6) is 5.75 Å². The lowest BCUT2D eigenvalue weighted by atomic mass is 9.90. The van der Waals surface area contributed by atoms with Crippen LogP contribution in [0.3, 0.4) is 0 Å². The zero-order chi connectivity index (χ0) is 17.0. The van der Waals surface area contributed by atoms with Gasteiger partial charge in [0.15, 0.2) is 12.2 Å². The Hall–Kier alpha value is -2.77. The third-order valence-corrected chi connectivity index (χ3v) is 3.56. The lowest BCUT2D eigenvalue weighted by molar-refractivity contribution is -0.140. The van der Waals surface area contributed by atoms with Crippen molar-refractivity contribution in [3.63, 3.8) is 0 Å². The molecule has 1 aliphatic heterocycles. The molecule has 0 saturated carbocycles. The largest absolute Gasteiger partial charge is 0.481 e. The zero-order valence-corrected chi connectivity index (χ0v) is 12.8. The molecule has 2 atom stereocenters. The maximum atomic E-state index is 11.9. The van der Waals surface area contributed by atoms with E-state index in [9.17, 15) is 9.59 Å². The molecule has 23 heavy (non-hydrogen) atoms. The predicted octanol–water partition coefficient (Wildman–Crippen LogP) is 0.870. The molecule has 2 rings (SSSR count). The summed E-state index contributed by atoms with van der Waals surface area (Å²) >= 11 is 0. The third-order valence-electron chi connectivity index (χ3n) is 3.56.